The highest BCUT2D eigenvalue weighted by Gasteiger charge is 2.29. The average Bonchev–Trinajstić information content (AvgIpc) is 3.38. The van der Waals surface area contributed by atoms with Gasteiger partial charge in [-0.2, -0.15) is 23.3 Å². The number of nitrogens with zero attached hydrogens (tertiary/aromatic N) is 6. The number of ether oxygens (including phenoxy) is 1. The molecule has 0 bridgehead atoms. The lowest BCUT2D eigenvalue weighted by Gasteiger charge is -2.15. The highest BCUT2D eigenvalue weighted by atomic mass is 19.4. The zero-order valence-electron chi connectivity index (χ0n) is 19.3. The molecule has 8 nitrogen and oxygen atoms in total. The number of alkyl halides is 3. The molecule has 0 fully saturated rings. The van der Waals surface area contributed by atoms with E-state index in [2.05, 4.69) is 25.5 Å². The summed E-state index contributed by atoms with van der Waals surface area (Å²) in [6.45, 7) is 1.09. The summed E-state index contributed by atoms with van der Waals surface area (Å²) in [4.78, 5) is 8.70. The van der Waals surface area contributed by atoms with Gasteiger partial charge >= 0.3 is 6.18 Å². The number of aryl methyl sites for hydroxylation is 2. The van der Waals surface area contributed by atoms with Crippen molar-refractivity contribution in [3.8, 4) is 11.4 Å². The van der Waals surface area contributed by atoms with Crippen LogP contribution in [0, 0.1) is 12.7 Å². The van der Waals surface area contributed by atoms with Gasteiger partial charge in [-0.3, -0.25) is 0 Å². The second-order valence-electron chi connectivity index (χ2n) is 8.55. The van der Waals surface area contributed by atoms with Crippen LogP contribution in [0.1, 0.15) is 42.4 Å². The van der Waals surface area contributed by atoms with Crippen LogP contribution in [-0.2, 0) is 6.54 Å². The molecule has 5 rings (SSSR count). The van der Waals surface area contributed by atoms with Crippen molar-refractivity contribution in [3.63, 3.8) is 0 Å². The molecular weight excluding hydrogens is 478 g/mol. The molecule has 1 aliphatic heterocycles. The fourth-order valence-corrected chi connectivity index (χ4v) is 4.27. The molecule has 1 atom stereocenters. The third-order valence-electron chi connectivity index (χ3n) is 5.96. The molecule has 1 N–H and O–H groups in total. The van der Waals surface area contributed by atoms with Crippen LogP contribution >= 0.6 is 0 Å². The lowest BCUT2D eigenvalue weighted by Crippen LogP contribution is -2.19. The smallest absolute Gasteiger partial charge is 0.422 e. The van der Waals surface area contributed by atoms with Gasteiger partial charge in [0.1, 0.15) is 29.4 Å². The standard InChI is InChI=1S/C24H23F4N7O/c1-15-29-14-30-35(15)21-10-7-17(12-20(21)25)31-23-32-22-19(4-2-3-11-34(22)33-23)16-5-8-18(9-6-16)36-13-24(26,27)28/h5-10,12,14,19H,2-4,11,13H2,1H3,(H,31,33)/t19-/m0/s1. The van der Waals surface area contributed by atoms with Crippen LogP contribution in [0.3, 0.4) is 0 Å². The minimum absolute atomic E-state index is 0.0818. The molecular formula is C24H23F4N7O. The molecule has 12 heteroatoms. The number of hydrogen-bond donors (Lipinski definition) is 1. The predicted octanol–water partition coefficient (Wildman–Crippen LogP) is 5.31. The summed E-state index contributed by atoms with van der Waals surface area (Å²) in [5.74, 6) is 1.25. The Morgan fingerprint density at radius 1 is 1.11 bits per heavy atom. The molecule has 2 aromatic carbocycles. The van der Waals surface area contributed by atoms with Gasteiger partial charge in [-0.15, -0.1) is 5.10 Å². The Hall–Kier alpha value is -3.96. The molecule has 0 amide bonds. The van der Waals surface area contributed by atoms with E-state index in [1.54, 1.807) is 31.2 Å². The summed E-state index contributed by atoms with van der Waals surface area (Å²) in [7, 11) is 0. The second-order valence-corrected chi connectivity index (χ2v) is 8.55. The number of benzene rings is 2. The molecule has 0 saturated carbocycles. The van der Waals surface area contributed by atoms with Gasteiger partial charge in [-0.25, -0.2) is 18.7 Å². The van der Waals surface area contributed by atoms with Gasteiger partial charge in [0.25, 0.3) is 0 Å². The summed E-state index contributed by atoms with van der Waals surface area (Å²) in [5, 5.41) is 11.7. The van der Waals surface area contributed by atoms with E-state index in [1.807, 2.05) is 4.68 Å². The van der Waals surface area contributed by atoms with Crippen LogP contribution in [0.25, 0.3) is 5.69 Å². The summed E-state index contributed by atoms with van der Waals surface area (Å²) >= 11 is 0. The molecule has 0 saturated heterocycles. The Balaban J connectivity index is 1.35. The normalized spacial score (nSPS) is 15.9. The van der Waals surface area contributed by atoms with E-state index < -0.39 is 18.6 Å². The van der Waals surface area contributed by atoms with Crippen LogP contribution in [0.4, 0.5) is 29.2 Å². The maximum absolute atomic E-state index is 14.8. The Bertz CT molecular complexity index is 1350. The molecule has 0 spiro atoms. The minimum atomic E-state index is -4.39. The number of halogens is 4. The summed E-state index contributed by atoms with van der Waals surface area (Å²) in [6.07, 6.45) is -0.332. The lowest BCUT2D eigenvalue weighted by molar-refractivity contribution is -0.153. The first-order valence-electron chi connectivity index (χ1n) is 11.4. The number of rotatable bonds is 6. The van der Waals surface area contributed by atoms with Gasteiger partial charge in [-0.05, 0) is 55.7 Å². The van der Waals surface area contributed by atoms with Crippen LogP contribution in [0.5, 0.6) is 5.75 Å². The Kier molecular flexibility index (Phi) is 6.33. The van der Waals surface area contributed by atoms with Gasteiger partial charge in [0.15, 0.2) is 12.4 Å². The van der Waals surface area contributed by atoms with Gasteiger partial charge in [-0.1, -0.05) is 18.6 Å². The van der Waals surface area contributed by atoms with E-state index in [9.17, 15) is 17.6 Å². The zero-order chi connectivity index (χ0) is 25.3. The molecule has 3 heterocycles. The van der Waals surface area contributed by atoms with Gasteiger partial charge in [0.2, 0.25) is 5.95 Å². The largest absolute Gasteiger partial charge is 0.484 e. The SMILES string of the molecule is Cc1ncnn1-c1ccc(Nc2nc3n(n2)CCCC[C@H]3c2ccc(OCC(F)(F)F)cc2)cc1F. The summed E-state index contributed by atoms with van der Waals surface area (Å²) in [6, 6.07) is 11.2. The van der Waals surface area contributed by atoms with Crippen molar-refractivity contribution < 1.29 is 22.3 Å². The van der Waals surface area contributed by atoms with Crippen molar-refractivity contribution in [2.75, 3.05) is 11.9 Å². The first kappa shape index (κ1) is 23.8. The van der Waals surface area contributed by atoms with Crippen molar-refractivity contribution in [1.82, 2.24) is 29.5 Å². The van der Waals surface area contributed by atoms with Crippen LogP contribution in [-0.4, -0.2) is 42.3 Å². The molecule has 36 heavy (non-hydrogen) atoms. The highest BCUT2D eigenvalue weighted by molar-refractivity contribution is 5.56. The van der Waals surface area contributed by atoms with E-state index in [-0.39, 0.29) is 17.4 Å². The molecule has 0 unspecified atom stereocenters. The molecule has 1 aliphatic rings. The van der Waals surface area contributed by atoms with Crippen molar-refractivity contribution >= 4 is 11.6 Å². The van der Waals surface area contributed by atoms with E-state index in [4.69, 9.17) is 4.74 Å². The van der Waals surface area contributed by atoms with Crippen molar-refractivity contribution in [3.05, 3.63) is 71.8 Å². The van der Waals surface area contributed by atoms with Crippen molar-refractivity contribution in [1.29, 1.82) is 0 Å². The summed E-state index contributed by atoms with van der Waals surface area (Å²) < 4.78 is 60.1. The third kappa shape index (κ3) is 5.16. The molecule has 2 aromatic heterocycles. The quantitative estimate of drug-likeness (QED) is 0.361. The number of nitrogens with one attached hydrogen (secondary N) is 1. The van der Waals surface area contributed by atoms with Gasteiger partial charge in [0, 0.05) is 18.2 Å². The minimum Gasteiger partial charge on any atom is -0.484 e. The maximum atomic E-state index is 14.8. The molecule has 188 valence electrons. The molecule has 0 radical (unpaired) electrons. The van der Waals surface area contributed by atoms with Crippen molar-refractivity contribution in [2.24, 2.45) is 0 Å². The number of hydrogen-bond acceptors (Lipinski definition) is 6. The summed E-state index contributed by atoms with van der Waals surface area (Å²) in [5.41, 5.74) is 1.68. The zero-order valence-corrected chi connectivity index (χ0v) is 19.3. The Labute approximate surface area is 203 Å². The molecule has 4 aromatic rings. The first-order chi connectivity index (χ1) is 17.3. The predicted molar refractivity (Wildman–Crippen MR) is 123 cm³/mol. The topological polar surface area (TPSA) is 82.7 Å². The first-order valence-corrected chi connectivity index (χ1v) is 11.4. The second kappa shape index (κ2) is 9.59. The van der Waals surface area contributed by atoms with Gasteiger partial charge < -0.3 is 10.1 Å². The fourth-order valence-electron chi connectivity index (χ4n) is 4.27. The fraction of sp³-hybridized carbons (Fsp3) is 0.333. The Morgan fingerprint density at radius 2 is 1.92 bits per heavy atom. The maximum Gasteiger partial charge on any atom is 0.422 e. The number of fused-ring (bicyclic) bond motifs is 1. The van der Waals surface area contributed by atoms with Crippen LogP contribution in [0.15, 0.2) is 48.8 Å². The van der Waals surface area contributed by atoms with E-state index in [1.165, 1.54) is 29.2 Å². The van der Waals surface area contributed by atoms with Crippen LogP contribution in [0.2, 0.25) is 0 Å². The van der Waals surface area contributed by atoms with E-state index in [0.29, 0.717) is 24.0 Å². The van der Waals surface area contributed by atoms with Crippen LogP contribution < -0.4 is 10.1 Å². The monoisotopic (exact) mass is 501 g/mol. The average molecular weight is 501 g/mol. The van der Waals surface area contributed by atoms with E-state index >= 15 is 0 Å². The number of aromatic nitrogens is 6. The Morgan fingerprint density at radius 3 is 2.61 bits per heavy atom. The molecule has 0 aliphatic carbocycles. The highest BCUT2D eigenvalue weighted by Crippen LogP contribution is 2.33. The lowest BCUT2D eigenvalue weighted by atomic mass is 9.93. The third-order valence-corrected chi connectivity index (χ3v) is 5.96. The number of anilines is 2. The van der Waals surface area contributed by atoms with Gasteiger partial charge in [0.05, 0.1) is 0 Å². The van der Waals surface area contributed by atoms with E-state index in [0.717, 1.165) is 30.7 Å². The van der Waals surface area contributed by atoms with Crippen molar-refractivity contribution in [2.45, 2.75) is 44.8 Å².